The minimum absolute atomic E-state index is 0.0332. The monoisotopic (exact) mass is 508 g/mol. The Kier molecular flexibility index (Phi) is 6.95. The molecule has 0 saturated carbocycles. The van der Waals surface area contributed by atoms with Crippen LogP contribution in [0.3, 0.4) is 0 Å². The largest absolute Gasteiger partial charge is 0.494 e. The zero-order chi connectivity index (χ0) is 25.9. The summed E-state index contributed by atoms with van der Waals surface area (Å²) in [6.45, 7) is 0.497. The third-order valence-corrected chi connectivity index (χ3v) is 6.39. The van der Waals surface area contributed by atoms with Crippen LogP contribution in [-0.4, -0.2) is 58.2 Å². The molecule has 3 atom stereocenters. The van der Waals surface area contributed by atoms with E-state index >= 15 is 0 Å². The van der Waals surface area contributed by atoms with Crippen LogP contribution in [-0.2, 0) is 11.8 Å². The molecule has 2 aromatic carbocycles. The number of aryl methyl sites for hydroxylation is 1. The molecule has 0 radical (unpaired) electrons. The first-order valence-electron chi connectivity index (χ1n) is 11.8. The highest BCUT2D eigenvalue weighted by Gasteiger charge is 2.26. The first-order chi connectivity index (χ1) is 17.9. The van der Waals surface area contributed by atoms with E-state index in [9.17, 15) is 13.6 Å². The molecule has 1 aliphatic rings. The van der Waals surface area contributed by atoms with Crippen LogP contribution >= 0.6 is 0 Å². The van der Waals surface area contributed by atoms with Crippen molar-refractivity contribution >= 4 is 22.8 Å². The van der Waals surface area contributed by atoms with E-state index < -0.39 is 24.1 Å². The van der Waals surface area contributed by atoms with Crippen molar-refractivity contribution in [3.05, 3.63) is 77.5 Å². The van der Waals surface area contributed by atoms with Gasteiger partial charge in [0.05, 0.1) is 37.0 Å². The number of rotatable bonds is 7. The second kappa shape index (κ2) is 10.5. The van der Waals surface area contributed by atoms with E-state index in [4.69, 9.17) is 9.47 Å². The van der Waals surface area contributed by atoms with Gasteiger partial charge in [0.1, 0.15) is 6.17 Å². The molecule has 9 nitrogen and oxygen atoms in total. The third-order valence-electron chi connectivity index (χ3n) is 6.39. The first kappa shape index (κ1) is 24.6. The molecular formula is C26H26F2N6O3. The number of ether oxygens (including phenoxy) is 2. The average Bonchev–Trinajstić information content (AvgIpc) is 3.33. The molecule has 1 aliphatic heterocycles. The lowest BCUT2D eigenvalue weighted by Gasteiger charge is -2.26. The topological polar surface area (TPSA) is 103 Å². The highest BCUT2D eigenvalue weighted by molar-refractivity contribution is 5.98. The number of benzene rings is 2. The number of fused-ring (bicyclic) bond motifs is 1. The van der Waals surface area contributed by atoms with E-state index in [2.05, 4.69) is 25.7 Å². The quantitative estimate of drug-likeness (QED) is 0.393. The molecule has 2 aromatic heterocycles. The summed E-state index contributed by atoms with van der Waals surface area (Å²) < 4.78 is 40.5. The van der Waals surface area contributed by atoms with Crippen LogP contribution in [0.25, 0.3) is 10.9 Å². The molecule has 2 N–H and O–H groups in total. The van der Waals surface area contributed by atoms with Crippen molar-refractivity contribution in [1.29, 1.82) is 0 Å². The van der Waals surface area contributed by atoms with Crippen molar-refractivity contribution in [2.24, 2.45) is 7.05 Å². The number of halogens is 2. The SMILES string of the molecule is COc1ccc(C(NC(=O)c2ccc3cnc(N[C@H]4CCOC[C@@H]4F)nc3c2)c2ccnn2C)cc1F. The molecule has 37 heavy (non-hydrogen) atoms. The number of amides is 1. The predicted octanol–water partition coefficient (Wildman–Crippen LogP) is 3.57. The van der Waals surface area contributed by atoms with Crippen molar-refractivity contribution in [2.75, 3.05) is 25.6 Å². The van der Waals surface area contributed by atoms with Crippen molar-refractivity contribution in [2.45, 2.75) is 24.7 Å². The molecule has 1 saturated heterocycles. The average molecular weight is 509 g/mol. The second-order valence-electron chi connectivity index (χ2n) is 8.78. The van der Waals surface area contributed by atoms with Gasteiger partial charge in [-0.3, -0.25) is 9.48 Å². The fourth-order valence-electron chi connectivity index (χ4n) is 4.34. The molecule has 1 unspecified atom stereocenters. The normalized spacial score (nSPS) is 18.4. The molecular weight excluding hydrogens is 482 g/mol. The Balaban J connectivity index is 1.42. The smallest absolute Gasteiger partial charge is 0.252 e. The Labute approximate surface area is 211 Å². The standard InChI is InChI=1S/C26H26F2N6O3/c1-34-22(7-9-30-34)24(15-5-6-23(36-2)18(27)11-15)33-25(35)16-3-4-17-13-29-26(32-21(17)12-16)31-20-8-10-37-14-19(20)28/h3-7,9,11-13,19-20,24H,8,10,14H2,1-2H3,(H,33,35)(H,29,31,32)/t19-,20-,24?/m0/s1. The van der Waals surface area contributed by atoms with Crippen LogP contribution < -0.4 is 15.4 Å². The molecule has 1 fully saturated rings. The predicted molar refractivity (Wildman–Crippen MR) is 133 cm³/mol. The lowest BCUT2D eigenvalue weighted by Crippen LogP contribution is -2.39. The number of hydrogen-bond donors (Lipinski definition) is 2. The molecule has 0 aliphatic carbocycles. The van der Waals surface area contributed by atoms with Crippen LogP contribution in [0.2, 0.25) is 0 Å². The van der Waals surface area contributed by atoms with E-state index in [0.29, 0.717) is 35.4 Å². The maximum Gasteiger partial charge on any atom is 0.252 e. The fourth-order valence-corrected chi connectivity index (χ4v) is 4.34. The minimum Gasteiger partial charge on any atom is -0.494 e. The number of carbonyl (C=O) groups excluding carboxylic acids is 1. The van der Waals surface area contributed by atoms with Crippen molar-refractivity contribution in [1.82, 2.24) is 25.1 Å². The van der Waals surface area contributed by atoms with Gasteiger partial charge in [-0.15, -0.1) is 0 Å². The van der Waals surface area contributed by atoms with Crippen LogP contribution in [0.4, 0.5) is 14.7 Å². The lowest BCUT2D eigenvalue weighted by atomic mass is 10.0. The van der Waals surface area contributed by atoms with E-state index in [0.717, 1.165) is 5.39 Å². The number of anilines is 1. The number of alkyl halides is 1. The molecule has 0 spiro atoms. The second-order valence-corrected chi connectivity index (χ2v) is 8.78. The maximum absolute atomic E-state index is 14.5. The van der Waals surface area contributed by atoms with Gasteiger partial charge in [0.2, 0.25) is 5.95 Å². The summed E-state index contributed by atoms with van der Waals surface area (Å²) in [6, 6.07) is 10.2. The van der Waals surface area contributed by atoms with Gasteiger partial charge in [-0.2, -0.15) is 5.10 Å². The fraction of sp³-hybridized carbons (Fsp3) is 0.308. The zero-order valence-electron chi connectivity index (χ0n) is 20.3. The van der Waals surface area contributed by atoms with Gasteiger partial charge in [-0.1, -0.05) is 12.1 Å². The highest BCUT2D eigenvalue weighted by atomic mass is 19.1. The van der Waals surface area contributed by atoms with Crippen LogP contribution in [0, 0.1) is 5.82 Å². The van der Waals surface area contributed by atoms with Gasteiger partial charge >= 0.3 is 0 Å². The summed E-state index contributed by atoms with van der Waals surface area (Å²) in [5, 5.41) is 10.9. The third kappa shape index (κ3) is 5.21. The summed E-state index contributed by atoms with van der Waals surface area (Å²) in [4.78, 5) is 22.1. The van der Waals surface area contributed by atoms with Gasteiger partial charge in [0.15, 0.2) is 11.6 Å². The van der Waals surface area contributed by atoms with Gasteiger partial charge in [-0.05, 0) is 42.3 Å². The molecule has 11 heteroatoms. The summed E-state index contributed by atoms with van der Waals surface area (Å²) in [5.41, 5.74) is 2.08. The van der Waals surface area contributed by atoms with E-state index in [1.807, 2.05) is 0 Å². The minimum atomic E-state index is -1.16. The van der Waals surface area contributed by atoms with Gasteiger partial charge in [-0.25, -0.2) is 18.7 Å². The molecule has 3 heterocycles. The number of nitrogens with one attached hydrogen (secondary N) is 2. The van der Waals surface area contributed by atoms with Crippen molar-refractivity contribution in [3.63, 3.8) is 0 Å². The Morgan fingerprint density at radius 1 is 1.24 bits per heavy atom. The van der Waals surface area contributed by atoms with Crippen molar-refractivity contribution in [3.8, 4) is 5.75 Å². The maximum atomic E-state index is 14.5. The number of carbonyl (C=O) groups is 1. The zero-order valence-corrected chi connectivity index (χ0v) is 20.3. The Hall–Kier alpha value is -4.12. The van der Waals surface area contributed by atoms with Gasteiger partial charge < -0.3 is 20.1 Å². The summed E-state index contributed by atoms with van der Waals surface area (Å²) >= 11 is 0. The number of hydrogen-bond acceptors (Lipinski definition) is 7. The highest BCUT2D eigenvalue weighted by Crippen LogP contribution is 2.27. The van der Waals surface area contributed by atoms with Gasteiger partial charge in [0, 0.05) is 37.0 Å². The van der Waals surface area contributed by atoms with Crippen molar-refractivity contribution < 1.29 is 23.0 Å². The lowest BCUT2D eigenvalue weighted by molar-refractivity contribution is 0.0284. The first-order valence-corrected chi connectivity index (χ1v) is 11.8. The van der Waals surface area contributed by atoms with E-state index in [-0.39, 0.29) is 24.2 Å². The number of aromatic nitrogens is 4. The Morgan fingerprint density at radius 2 is 2.11 bits per heavy atom. The van der Waals surface area contributed by atoms with E-state index in [1.165, 1.54) is 19.2 Å². The number of nitrogens with zero attached hydrogens (tertiary/aromatic N) is 4. The number of methoxy groups -OCH3 is 1. The molecule has 192 valence electrons. The Morgan fingerprint density at radius 3 is 2.84 bits per heavy atom. The summed E-state index contributed by atoms with van der Waals surface area (Å²) in [6.07, 6.45) is 2.58. The van der Waals surface area contributed by atoms with Gasteiger partial charge in [0.25, 0.3) is 5.91 Å². The molecule has 5 rings (SSSR count). The van der Waals surface area contributed by atoms with E-state index in [1.54, 1.807) is 54.5 Å². The van der Waals surface area contributed by atoms with Crippen LogP contribution in [0.5, 0.6) is 5.75 Å². The Bertz CT molecular complexity index is 1430. The molecule has 0 bridgehead atoms. The summed E-state index contributed by atoms with van der Waals surface area (Å²) in [7, 11) is 3.14. The van der Waals surface area contributed by atoms with Crippen LogP contribution in [0.15, 0.2) is 54.9 Å². The molecule has 1 amide bonds. The van der Waals surface area contributed by atoms with Crippen LogP contribution in [0.1, 0.15) is 34.1 Å². The summed E-state index contributed by atoms with van der Waals surface area (Å²) in [5.74, 6) is -0.534. The molecule has 4 aromatic rings.